The van der Waals surface area contributed by atoms with E-state index in [0.717, 1.165) is 112 Å². The van der Waals surface area contributed by atoms with Crippen LogP contribution in [-0.2, 0) is 9.59 Å². The number of benzene rings is 2. The first kappa shape index (κ1) is 39.3. The first-order valence-electron chi connectivity index (χ1n) is 20.6. The fourth-order valence-corrected chi connectivity index (χ4v) is 9.97. The van der Waals surface area contributed by atoms with Crippen molar-refractivity contribution in [1.82, 2.24) is 40.0 Å². The number of nitrogens with zero attached hydrogens (tertiary/aromatic N) is 7. The van der Waals surface area contributed by atoms with Crippen LogP contribution in [0, 0.1) is 11.8 Å². The van der Waals surface area contributed by atoms with Crippen molar-refractivity contribution in [3.8, 4) is 0 Å². The molecular weight excluding hydrogens is 795 g/mol. The van der Waals surface area contributed by atoms with Crippen molar-refractivity contribution in [3.05, 3.63) is 75.8 Å². The molecule has 2 aromatic heterocycles. The third-order valence-corrected chi connectivity index (χ3v) is 13.5. The van der Waals surface area contributed by atoms with E-state index in [4.69, 9.17) is 23.2 Å². The van der Waals surface area contributed by atoms with Crippen LogP contribution in [0.1, 0.15) is 94.9 Å². The Hall–Kier alpha value is -5.12. The molecular formula is C42H46Cl2N10O5. The van der Waals surface area contributed by atoms with Crippen LogP contribution in [-0.4, -0.2) is 110 Å². The van der Waals surface area contributed by atoms with Gasteiger partial charge in [0.2, 0.25) is 11.8 Å². The number of anilines is 2. The SMILES string of the molecule is O=C1CCC(N2C(=O)c3ccc(N4CCC(CN5CCC(CCNc6ncnc7c6ncn7C6CC(NC(=O)c7c(Cl)cccc7Cl)C6)CC5)CC4)cc3C2=O)C(=O)N1. The molecule has 3 N–H and O–H groups in total. The average molecular weight is 842 g/mol. The highest BCUT2D eigenvalue weighted by molar-refractivity contribution is 6.39. The fourth-order valence-electron chi connectivity index (χ4n) is 9.40. The van der Waals surface area contributed by atoms with E-state index in [1.807, 2.05) is 12.4 Å². The van der Waals surface area contributed by atoms with Crippen molar-refractivity contribution in [2.45, 2.75) is 75.9 Å². The molecule has 0 radical (unpaired) electrons. The third-order valence-electron chi connectivity index (χ3n) is 12.9. The lowest BCUT2D eigenvalue weighted by Gasteiger charge is -2.38. The molecule has 17 heteroatoms. The molecule has 1 aliphatic carbocycles. The average Bonchev–Trinajstić information content (AvgIpc) is 3.75. The molecule has 4 aromatic rings. The maximum absolute atomic E-state index is 13.3. The Kier molecular flexibility index (Phi) is 11.0. The molecule has 5 aliphatic rings. The molecule has 6 heterocycles. The molecule has 308 valence electrons. The molecule has 9 rings (SSSR count). The number of hydrogen-bond donors (Lipinski definition) is 3. The molecule has 59 heavy (non-hydrogen) atoms. The predicted molar refractivity (Wildman–Crippen MR) is 222 cm³/mol. The predicted octanol–water partition coefficient (Wildman–Crippen LogP) is 5.10. The summed E-state index contributed by atoms with van der Waals surface area (Å²) < 4.78 is 2.07. The lowest BCUT2D eigenvalue weighted by Crippen LogP contribution is -2.54. The van der Waals surface area contributed by atoms with Gasteiger partial charge < -0.3 is 25.0 Å². The minimum absolute atomic E-state index is 0.00496. The molecule has 0 spiro atoms. The van der Waals surface area contributed by atoms with Crippen LogP contribution in [0.2, 0.25) is 10.0 Å². The van der Waals surface area contributed by atoms with Gasteiger partial charge in [-0.15, -0.1) is 0 Å². The van der Waals surface area contributed by atoms with Gasteiger partial charge in [0.25, 0.3) is 17.7 Å². The second kappa shape index (κ2) is 16.5. The number of imidazole rings is 1. The van der Waals surface area contributed by atoms with Gasteiger partial charge in [-0.2, -0.15) is 0 Å². The van der Waals surface area contributed by atoms with Gasteiger partial charge in [0.15, 0.2) is 11.5 Å². The van der Waals surface area contributed by atoms with E-state index in [-0.39, 0.29) is 36.7 Å². The molecule has 5 amide bonds. The smallest absolute Gasteiger partial charge is 0.262 e. The summed E-state index contributed by atoms with van der Waals surface area (Å²) in [6, 6.07) is 9.62. The number of carbonyl (C=O) groups is 5. The van der Waals surface area contributed by atoms with Crippen molar-refractivity contribution < 1.29 is 24.0 Å². The topological polar surface area (TPSA) is 175 Å². The molecule has 4 fully saturated rings. The lowest BCUT2D eigenvalue weighted by atomic mass is 9.86. The number of fused-ring (bicyclic) bond motifs is 2. The van der Waals surface area contributed by atoms with Gasteiger partial charge >= 0.3 is 0 Å². The molecule has 3 saturated heterocycles. The van der Waals surface area contributed by atoms with E-state index < -0.39 is 23.8 Å². The highest BCUT2D eigenvalue weighted by Crippen LogP contribution is 2.37. The van der Waals surface area contributed by atoms with Crippen molar-refractivity contribution in [1.29, 1.82) is 0 Å². The number of aromatic nitrogens is 4. The van der Waals surface area contributed by atoms with Crippen LogP contribution in [0.3, 0.4) is 0 Å². The molecule has 1 unspecified atom stereocenters. The summed E-state index contributed by atoms with van der Waals surface area (Å²) >= 11 is 12.5. The van der Waals surface area contributed by atoms with Crippen molar-refractivity contribution in [3.63, 3.8) is 0 Å². The largest absolute Gasteiger partial charge is 0.371 e. The van der Waals surface area contributed by atoms with E-state index in [0.29, 0.717) is 38.6 Å². The van der Waals surface area contributed by atoms with Crippen LogP contribution in [0.4, 0.5) is 11.5 Å². The second-order valence-corrected chi connectivity index (χ2v) is 17.3. The van der Waals surface area contributed by atoms with E-state index in [9.17, 15) is 24.0 Å². The highest BCUT2D eigenvalue weighted by atomic mass is 35.5. The first-order valence-corrected chi connectivity index (χ1v) is 21.4. The van der Waals surface area contributed by atoms with E-state index in [1.165, 1.54) is 0 Å². The van der Waals surface area contributed by atoms with Crippen LogP contribution in [0.5, 0.6) is 0 Å². The molecule has 1 saturated carbocycles. The summed E-state index contributed by atoms with van der Waals surface area (Å²) in [6.45, 7) is 5.82. The van der Waals surface area contributed by atoms with Gasteiger partial charge in [0.1, 0.15) is 17.9 Å². The summed E-state index contributed by atoms with van der Waals surface area (Å²) in [7, 11) is 0. The second-order valence-electron chi connectivity index (χ2n) is 16.5. The summed E-state index contributed by atoms with van der Waals surface area (Å²) in [6.07, 6.45) is 10.6. The molecule has 2 aromatic carbocycles. The Morgan fingerprint density at radius 3 is 2.32 bits per heavy atom. The summed E-state index contributed by atoms with van der Waals surface area (Å²) in [4.78, 5) is 83.0. The Morgan fingerprint density at radius 1 is 0.847 bits per heavy atom. The number of piperidine rings is 3. The number of likely N-dealkylation sites (tertiary alicyclic amines) is 1. The van der Waals surface area contributed by atoms with Gasteiger partial charge in [0, 0.05) is 50.4 Å². The minimum atomic E-state index is -0.964. The number of halogens is 2. The van der Waals surface area contributed by atoms with Crippen LogP contribution in [0.15, 0.2) is 49.1 Å². The van der Waals surface area contributed by atoms with Gasteiger partial charge in [0.05, 0.1) is 33.1 Å². The van der Waals surface area contributed by atoms with Crippen molar-refractivity contribution in [2.75, 3.05) is 49.5 Å². The molecule has 1 atom stereocenters. The molecule has 0 bridgehead atoms. The third kappa shape index (κ3) is 7.87. The van der Waals surface area contributed by atoms with Crippen molar-refractivity contribution in [2.24, 2.45) is 11.8 Å². The van der Waals surface area contributed by atoms with Crippen LogP contribution >= 0.6 is 23.2 Å². The van der Waals surface area contributed by atoms with Gasteiger partial charge in [-0.25, -0.2) is 15.0 Å². The number of carbonyl (C=O) groups excluding carboxylic acids is 5. The van der Waals surface area contributed by atoms with Crippen LogP contribution < -0.4 is 20.9 Å². The number of rotatable bonds is 11. The van der Waals surface area contributed by atoms with E-state index in [1.54, 1.807) is 36.7 Å². The van der Waals surface area contributed by atoms with E-state index in [2.05, 4.69) is 45.3 Å². The minimum Gasteiger partial charge on any atom is -0.371 e. The Morgan fingerprint density at radius 2 is 1.58 bits per heavy atom. The summed E-state index contributed by atoms with van der Waals surface area (Å²) in [5.74, 6) is -0.230. The number of imide groups is 2. The summed E-state index contributed by atoms with van der Waals surface area (Å²) in [5.41, 5.74) is 3.37. The maximum atomic E-state index is 13.3. The lowest BCUT2D eigenvalue weighted by molar-refractivity contribution is -0.136. The number of hydrogen-bond acceptors (Lipinski definition) is 11. The number of amides is 5. The van der Waals surface area contributed by atoms with Crippen LogP contribution in [0.25, 0.3) is 11.2 Å². The van der Waals surface area contributed by atoms with E-state index >= 15 is 0 Å². The summed E-state index contributed by atoms with van der Waals surface area (Å²) in [5, 5.41) is 9.49. The van der Waals surface area contributed by atoms with Crippen molar-refractivity contribution >= 4 is 75.4 Å². The number of nitrogens with one attached hydrogen (secondary N) is 3. The molecule has 15 nitrogen and oxygen atoms in total. The zero-order valence-electron chi connectivity index (χ0n) is 32.5. The maximum Gasteiger partial charge on any atom is 0.262 e. The van der Waals surface area contributed by atoms with Gasteiger partial charge in [-0.1, -0.05) is 29.3 Å². The fraction of sp³-hybridized carbons (Fsp3) is 0.476. The Balaban J connectivity index is 0.699. The first-order chi connectivity index (χ1) is 28.6. The highest BCUT2D eigenvalue weighted by Gasteiger charge is 2.45. The standard InChI is InChI=1S/C42H46Cl2N10O5/c43-31-2-1-3-32(44)35(31)40(57)49-26-18-28(19-26)53-23-48-36-37(46-22-47-38(36)53)45-13-8-24-9-14-51(15-10-24)21-25-11-16-52(17-12-25)27-4-5-29-30(20-27)42(59)54(41(29)58)33-6-7-34(55)50-39(33)56/h1-5,20,22-26,28,33H,6-19,21H2,(H,49,57)(H,45,46,47)(H,50,55,56). The monoisotopic (exact) mass is 840 g/mol. The molecule has 4 aliphatic heterocycles. The van der Waals surface area contributed by atoms with Gasteiger partial charge in [-0.05, 0) is 107 Å². The normalized spacial score (nSPS) is 23.1. The quantitative estimate of drug-likeness (QED) is 0.172. The Labute approximate surface area is 351 Å². The van der Waals surface area contributed by atoms with Gasteiger partial charge in [-0.3, -0.25) is 34.2 Å². The Bertz CT molecular complexity index is 2300. The zero-order chi connectivity index (χ0) is 40.8. The zero-order valence-corrected chi connectivity index (χ0v) is 34.1.